The van der Waals surface area contributed by atoms with Gasteiger partial charge >= 0.3 is 0 Å². The Bertz CT molecular complexity index is 220. The molecule has 0 aliphatic rings. The van der Waals surface area contributed by atoms with Crippen LogP contribution in [0.5, 0.6) is 0 Å². The van der Waals surface area contributed by atoms with E-state index in [-0.39, 0.29) is 5.92 Å². The summed E-state index contributed by atoms with van der Waals surface area (Å²) < 4.78 is 0.798. The van der Waals surface area contributed by atoms with Crippen molar-refractivity contribution in [2.24, 2.45) is 11.5 Å². The molecule has 4 N–H and O–H groups in total. The Kier molecular flexibility index (Phi) is 3.33. The summed E-state index contributed by atoms with van der Waals surface area (Å²) in [5, 5.41) is 0. The predicted molar refractivity (Wildman–Crippen MR) is 50.2 cm³/mol. The average Bonchev–Trinajstić information content (AvgIpc) is 2.39. The third kappa shape index (κ3) is 2.17. The molecule has 1 aromatic rings. The first-order valence-electron chi connectivity index (χ1n) is 3.43. The van der Waals surface area contributed by atoms with Crippen LogP contribution < -0.4 is 11.5 Å². The van der Waals surface area contributed by atoms with E-state index >= 15 is 0 Å². The molecule has 2 nitrogen and oxygen atoms in total. The number of hydrogen-bond donors (Lipinski definition) is 2. The summed E-state index contributed by atoms with van der Waals surface area (Å²) in [5.74, 6) is 0.271. The van der Waals surface area contributed by atoms with E-state index in [4.69, 9.17) is 23.1 Å². The van der Waals surface area contributed by atoms with Crippen molar-refractivity contribution in [2.45, 2.75) is 5.92 Å². The highest BCUT2D eigenvalue weighted by Gasteiger charge is 2.09. The van der Waals surface area contributed by atoms with E-state index in [1.165, 1.54) is 4.88 Å². The predicted octanol–water partition coefficient (Wildman–Crippen LogP) is 1.40. The van der Waals surface area contributed by atoms with Crippen molar-refractivity contribution >= 4 is 22.9 Å². The lowest BCUT2D eigenvalue weighted by Gasteiger charge is -2.07. The van der Waals surface area contributed by atoms with Gasteiger partial charge in [0.05, 0.1) is 4.34 Å². The summed E-state index contributed by atoms with van der Waals surface area (Å²) in [4.78, 5) is 1.18. The topological polar surface area (TPSA) is 52.0 Å². The molecule has 11 heavy (non-hydrogen) atoms. The zero-order chi connectivity index (χ0) is 8.27. The first-order valence-corrected chi connectivity index (χ1v) is 4.62. The molecule has 0 atom stereocenters. The van der Waals surface area contributed by atoms with Gasteiger partial charge in [0.15, 0.2) is 0 Å². The summed E-state index contributed by atoms with van der Waals surface area (Å²) >= 11 is 7.31. The van der Waals surface area contributed by atoms with Crippen LogP contribution in [-0.2, 0) is 0 Å². The maximum Gasteiger partial charge on any atom is 0.0931 e. The number of nitrogens with two attached hydrogens (primary N) is 2. The van der Waals surface area contributed by atoms with Crippen LogP contribution in [0.4, 0.5) is 0 Å². The lowest BCUT2D eigenvalue weighted by molar-refractivity contribution is 0.721. The van der Waals surface area contributed by atoms with Crippen LogP contribution in [0.15, 0.2) is 12.1 Å². The van der Waals surface area contributed by atoms with E-state index in [2.05, 4.69) is 0 Å². The highest BCUT2D eigenvalue weighted by molar-refractivity contribution is 7.16. The molecular weight excluding hydrogens is 180 g/mol. The highest BCUT2D eigenvalue weighted by atomic mass is 35.5. The van der Waals surface area contributed by atoms with E-state index in [1.807, 2.05) is 12.1 Å². The second-order valence-electron chi connectivity index (χ2n) is 2.31. The van der Waals surface area contributed by atoms with Crippen LogP contribution in [-0.4, -0.2) is 13.1 Å². The van der Waals surface area contributed by atoms with E-state index in [0.29, 0.717) is 13.1 Å². The fourth-order valence-corrected chi connectivity index (χ4v) is 2.06. The van der Waals surface area contributed by atoms with Crippen molar-refractivity contribution in [3.05, 3.63) is 21.3 Å². The van der Waals surface area contributed by atoms with Crippen LogP contribution in [0.3, 0.4) is 0 Å². The monoisotopic (exact) mass is 190 g/mol. The third-order valence-electron chi connectivity index (χ3n) is 1.57. The van der Waals surface area contributed by atoms with Crippen molar-refractivity contribution in [3.63, 3.8) is 0 Å². The number of hydrogen-bond acceptors (Lipinski definition) is 3. The number of halogens is 1. The Morgan fingerprint density at radius 3 is 2.36 bits per heavy atom. The smallest absolute Gasteiger partial charge is 0.0931 e. The Morgan fingerprint density at radius 2 is 2.00 bits per heavy atom. The SMILES string of the molecule is NCC(CN)c1ccc(Cl)s1. The van der Waals surface area contributed by atoms with Crippen molar-refractivity contribution in [1.29, 1.82) is 0 Å². The van der Waals surface area contributed by atoms with Gasteiger partial charge in [-0.3, -0.25) is 0 Å². The molecular formula is C7H11ClN2S. The van der Waals surface area contributed by atoms with Gasteiger partial charge in [0.2, 0.25) is 0 Å². The minimum atomic E-state index is 0.271. The van der Waals surface area contributed by atoms with Crippen molar-refractivity contribution in [3.8, 4) is 0 Å². The second kappa shape index (κ2) is 4.07. The minimum Gasteiger partial charge on any atom is -0.330 e. The van der Waals surface area contributed by atoms with Gasteiger partial charge in [-0.25, -0.2) is 0 Å². The van der Waals surface area contributed by atoms with Crippen molar-refractivity contribution in [1.82, 2.24) is 0 Å². The first kappa shape index (κ1) is 9.00. The number of thiophene rings is 1. The summed E-state index contributed by atoms with van der Waals surface area (Å²) in [5.41, 5.74) is 11.0. The molecule has 0 saturated heterocycles. The van der Waals surface area contributed by atoms with Gasteiger partial charge in [0.1, 0.15) is 0 Å². The normalized spacial score (nSPS) is 10.9. The Balaban J connectivity index is 2.73. The quantitative estimate of drug-likeness (QED) is 0.757. The summed E-state index contributed by atoms with van der Waals surface area (Å²) in [6.07, 6.45) is 0. The van der Waals surface area contributed by atoms with Gasteiger partial charge in [-0.2, -0.15) is 0 Å². The van der Waals surface area contributed by atoms with Crippen LogP contribution >= 0.6 is 22.9 Å². The van der Waals surface area contributed by atoms with Gasteiger partial charge < -0.3 is 11.5 Å². The van der Waals surface area contributed by atoms with Crippen molar-refractivity contribution < 1.29 is 0 Å². The Hall–Kier alpha value is -0.0900. The second-order valence-corrected chi connectivity index (χ2v) is 4.06. The van der Waals surface area contributed by atoms with Crippen LogP contribution in [0.2, 0.25) is 4.34 Å². The van der Waals surface area contributed by atoms with E-state index in [1.54, 1.807) is 11.3 Å². The molecule has 1 rings (SSSR count). The molecule has 0 radical (unpaired) electrons. The van der Waals surface area contributed by atoms with Crippen LogP contribution in [0, 0.1) is 0 Å². The van der Waals surface area contributed by atoms with Gasteiger partial charge in [0.25, 0.3) is 0 Å². The Labute approximate surface area is 75.1 Å². The molecule has 0 bridgehead atoms. The maximum absolute atomic E-state index is 5.76. The molecule has 62 valence electrons. The first-order chi connectivity index (χ1) is 5.27. The largest absolute Gasteiger partial charge is 0.330 e. The van der Waals surface area contributed by atoms with Gasteiger partial charge in [0, 0.05) is 23.9 Å². The average molecular weight is 191 g/mol. The molecule has 0 unspecified atom stereocenters. The van der Waals surface area contributed by atoms with Crippen LogP contribution in [0.25, 0.3) is 0 Å². The molecule has 0 aromatic carbocycles. The van der Waals surface area contributed by atoms with Crippen LogP contribution in [0.1, 0.15) is 10.8 Å². The fourth-order valence-electron chi connectivity index (χ4n) is 0.876. The summed E-state index contributed by atoms with van der Waals surface area (Å²) in [6.45, 7) is 1.18. The lowest BCUT2D eigenvalue weighted by atomic mass is 10.1. The fraction of sp³-hybridized carbons (Fsp3) is 0.429. The van der Waals surface area contributed by atoms with Gasteiger partial charge in [-0.15, -0.1) is 11.3 Å². The molecule has 0 aliphatic carbocycles. The zero-order valence-corrected chi connectivity index (χ0v) is 7.66. The number of rotatable bonds is 3. The molecule has 1 heterocycles. The summed E-state index contributed by atoms with van der Waals surface area (Å²) in [6, 6.07) is 3.86. The van der Waals surface area contributed by atoms with E-state index in [9.17, 15) is 0 Å². The molecule has 4 heteroatoms. The zero-order valence-electron chi connectivity index (χ0n) is 6.09. The molecule has 0 aliphatic heterocycles. The van der Waals surface area contributed by atoms with Crippen molar-refractivity contribution in [2.75, 3.05) is 13.1 Å². The molecule has 0 spiro atoms. The molecule has 1 aromatic heterocycles. The highest BCUT2D eigenvalue weighted by Crippen LogP contribution is 2.26. The van der Waals surface area contributed by atoms with E-state index < -0.39 is 0 Å². The third-order valence-corrected chi connectivity index (χ3v) is 2.96. The van der Waals surface area contributed by atoms with Gasteiger partial charge in [-0.05, 0) is 12.1 Å². The maximum atomic E-state index is 5.76. The Morgan fingerprint density at radius 1 is 1.36 bits per heavy atom. The van der Waals surface area contributed by atoms with E-state index in [0.717, 1.165) is 4.34 Å². The minimum absolute atomic E-state index is 0.271. The molecule has 0 saturated carbocycles. The molecule has 0 fully saturated rings. The standard InChI is InChI=1S/C7H11ClN2S/c8-7-2-1-6(11-7)5(3-9)4-10/h1-2,5H,3-4,9-10H2. The van der Waals surface area contributed by atoms with Gasteiger partial charge in [-0.1, -0.05) is 11.6 Å². The molecule has 0 amide bonds. The summed E-state index contributed by atoms with van der Waals surface area (Å²) in [7, 11) is 0. The lowest BCUT2D eigenvalue weighted by Crippen LogP contribution is -2.20.